The van der Waals surface area contributed by atoms with E-state index in [1.165, 1.54) is 0 Å². The van der Waals surface area contributed by atoms with Crippen molar-refractivity contribution in [3.63, 3.8) is 0 Å². The fraction of sp³-hybridized carbons (Fsp3) is 0.364. The van der Waals surface area contributed by atoms with E-state index in [2.05, 4.69) is 10.6 Å². The molecule has 0 aliphatic carbocycles. The Morgan fingerprint density at radius 1 is 1.07 bits per heavy atom. The van der Waals surface area contributed by atoms with Crippen LogP contribution in [0.3, 0.4) is 0 Å². The number of para-hydroxylation sites is 1. The Balaban J connectivity index is 1.50. The highest BCUT2D eigenvalue weighted by Crippen LogP contribution is 2.33. The van der Waals surface area contributed by atoms with E-state index in [0.29, 0.717) is 24.6 Å². The third-order valence-corrected chi connectivity index (χ3v) is 5.05. The van der Waals surface area contributed by atoms with Crippen LogP contribution in [0.15, 0.2) is 36.4 Å². The normalized spacial score (nSPS) is 12.7. The molecular formula is C22H27N3O4. The standard InChI is InChI=1S/C22H27N3O4/c1-15-6-4-5-7-18(15)24-21(26)8-10-23-22(27)25-11-9-16-12-19(28-2)20(29-3)13-17(16)14-25/h4-7,12-13H,8-11,14H2,1-3H3,(H,23,27)(H,24,26). The highest BCUT2D eigenvalue weighted by Gasteiger charge is 2.22. The Kier molecular flexibility index (Phi) is 6.59. The number of hydrogen-bond acceptors (Lipinski definition) is 4. The molecule has 3 rings (SSSR count). The van der Waals surface area contributed by atoms with Gasteiger partial charge >= 0.3 is 6.03 Å². The predicted octanol–water partition coefficient (Wildman–Crippen LogP) is 3.11. The van der Waals surface area contributed by atoms with Gasteiger partial charge in [0.2, 0.25) is 5.91 Å². The number of rotatable bonds is 6. The van der Waals surface area contributed by atoms with Gasteiger partial charge in [-0.25, -0.2) is 4.79 Å². The van der Waals surface area contributed by atoms with Gasteiger partial charge < -0.3 is 25.0 Å². The number of ether oxygens (including phenoxy) is 2. The summed E-state index contributed by atoms with van der Waals surface area (Å²) in [7, 11) is 3.21. The number of fused-ring (bicyclic) bond motifs is 1. The van der Waals surface area contributed by atoms with Crippen molar-refractivity contribution in [2.45, 2.75) is 26.3 Å². The van der Waals surface area contributed by atoms with Gasteiger partial charge in [0.25, 0.3) is 0 Å². The number of nitrogens with one attached hydrogen (secondary N) is 2. The minimum Gasteiger partial charge on any atom is -0.493 e. The molecule has 154 valence electrons. The molecule has 0 bridgehead atoms. The maximum Gasteiger partial charge on any atom is 0.317 e. The number of amides is 3. The van der Waals surface area contributed by atoms with E-state index in [1.54, 1.807) is 19.1 Å². The van der Waals surface area contributed by atoms with Gasteiger partial charge in [-0.2, -0.15) is 0 Å². The smallest absolute Gasteiger partial charge is 0.317 e. The molecule has 1 aliphatic heterocycles. The lowest BCUT2D eigenvalue weighted by molar-refractivity contribution is -0.116. The zero-order valence-corrected chi connectivity index (χ0v) is 17.1. The van der Waals surface area contributed by atoms with Gasteiger partial charge in [-0.15, -0.1) is 0 Å². The van der Waals surface area contributed by atoms with Gasteiger partial charge in [0.05, 0.1) is 14.2 Å². The minimum atomic E-state index is -0.172. The van der Waals surface area contributed by atoms with Crippen molar-refractivity contribution in [2.75, 3.05) is 32.6 Å². The number of aryl methyl sites for hydroxylation is 1. The van der Waals surface area contributed by atoms with E-state index in [0.717, 1.165) is 28.8 Å². The lowest BCUT2D eigenvalue weighted by Gasteiger charge is -2.29. The zero-order chi connectivity index (χ0) is 20.8. The SMILES string of the molecule is COc1cc2c(cc1OC)CN(C(=O)NCCC(=O)Nc1ccccc1C)CC2. The zero-order valence-electron chi connectivity index (χ0n) is 17.1. The first-order valence-electron chi connectivity index (χ1n) is 9.64. The molecular weight excluding hydrogens is 370 g/mol. The topological polar surface area (TPSA) is 79.9 Å². The van der Waals surface area contributed by atoms with Crippen LogP contribution in [0.2, 0.25) is 0 Å². The van der Waals surface area contributed by atoms with Crippen LogP contribution in [0, 0.1) is 6.92 Å². The first-order valence-corrected chi connectivity index (χ1v) is 9.64. The second-order valence-electron chi connectivity index (χ2n) is 6.99. The van der Waals surface area contributed by atoms with E-state index in [1.807, 2.05) is 43.3 Å². The molecule has 0 spiro atoms. The molecule has 2 N–H and O–H groups in total. The van der Waals surface area contributed by atoms with Crippen LogP contribution < -0.4 is 20.1 Å². The molecule has 0 fully saturated rings. The molecule has 2 aromatic rings. The van der Waals surface area contributed by atoms with Gasteiger partial charge in [-0.3, -0.25) is 4.79 Å². The second-order valence-corrected chi connectivity index (χ2v) is 6.99. The maximum absolute atomic E-state index is 12.5. The van der Waals surface area contributed by atoms with Crippen molar-refractivity contribution in [1.82, 2.24) is 10.2 Å². The second kappa shape index (κ2) is 9.32. The van der Waals surface area contributed by atoms with Gasteiger partial charge in [-0.1, -0.05) is 18.2 Å². The van der Waals surface area contributed by atoms with Crippen LogP contribution in [0.25, 0.3) is 0 Å². The van der Waals surface area contributed by atoms with E-state index in [4.69, 9.17) is 9.47 Å². The molecule has 0 radical (unpaired) electrons. The van der Waals surface area contributed by atoms with Crippen LogP contribution in [0.4, 0.5) is 10.5 Å². The molecule has 0 unspecified atom stereocenters. The highest BCUT2D eigenvalue weighted by molar-refractivity contribution is 5.91. The molecule has 0 saturated carbocycles. The first kappa shape index (κ1) is 20.5. The van der Waals surface area contributed by atoms with Crippen LogP contribution in [-0.2, 0) is 17.8 Å². The van der Waals surface area contributed by atoms with Crippen molar-refractivity contribution in [3.05, 3.63) is 53.1 Å². The number of nitrogens with zero attached hydrogens (tertiary/aromatic N) is 1. The number of benzene rings is 2. The summed E-state index contributed by atoms with van der Waals surface area (Å²) < 4.78 is 10.7. The summed E-state index contributed by atoms with van der Waals surface area (Å²) in [5.41, 5.74) is 4.00. The monoisotopic (exact) mass is 397 g/mol. The Morgan fingerprint density at radius 2 is 1.76 bits per heavy atom. The highest BCUT2D eigenvalue weighted by atomic mass is 16.5. The summed E-state index contributed by atoms with van der Waals surface area (Å²) in [6.07, 6.45) is 0.965. The number of carbonyl (C=O) groups excluding carboxylic acids is 2. The lowest BCUT2D eigenvalue weighted by atomic mass is 9.99. The maximum atomic E-state index is 12.5. The summed E-state index contributed by atoms with van der Waals surface area (Å²) in [6, 6.07) is 11.3. The molecule has 1 aliphatic rings. The molecule has 0 aromatic heterocycles. The summed E-state index contributed by atoms with van der Waals surface area (Å²) >= 11 is 0. The molecule has 2 aromatic carbocycles. The summed E-state index contributed by atoms with van der Waals surface area (Å²) in [5, 5.41) is 5.71. The Labute approximate surface area is 171 Å². The number of hydrogen-bond donors (Lipinski definition) is 2. The van der Waals surface area contributed by atoms with Crippen molar-refractivity contribution in [3.8, 4) is 11.5 Å². The summed E-state index contributed by atoms with van der Waals surface area (Å²) in [5.74, 6) is 1.23. The van der Waals surface area contributed by atoms with Crippen LogP contribution >= 0.6 is 0 Å². The van der Waals surface area contributed by atoms with Gasteiger partial charge in [0, 0.05) is 31.7 Å². The molecule has 29 heavy (non-hydrogen) atoms. The number of urea groups is 1. The molecule has 3 amide bonds. The molecule has 1 heterocycles. The van der Waals surface area contributed by atoms with E-state index < -0.39 is 0 Å². The van der Waals surface area contributed by atoms with Gasteiger partial charge in [0.1, 0.15) is 0 Å². The van der Waals surface area contributed by atoms with E-state index >= 15 is 0 Å². The van der Waals surface area contributed by atoms with Gasteiger partial charge in [-0.05, 0) is 48.2 Å². The average molecular weight is 397 g/mol. The Bertz CT molecular complexity index is 898. The van der Waals surface area contributed by atoms with Crippen LogP contribution in [-0.4, -0.2) is 44.1 Å². The molecule has 7 nitrogen and oxygen atoms in total. The minimum absolute atomic E-state index is 0.125. The van der Waals surface area contributed by atoms with Crippen molar-refractivity contribution >= 4 is 17.6 Å². The van der Waals surface area contributed by atoms with Crippen LogP contribution in [0.5, 0.6) is 11.5 Å². The molecule has 0 atom stereocenters. The number of anilines is 1. The van der Waals surface area contributed by atoms with E-state index in [9.17, 15) is 9.59 Å². The fourth-order valence-electron chi connectivity index (χ4n) is 3.38. The lowest BCUT2D eigenvalue weighted by Crippen LogP contribution is -2.43. The largest absolute Gasteiger partial charge is 0.493 e. The Hall–Kier alpha value is -3.22. The Morgan fingerprint density at radius 3 is 2.45 bits per heavy atom. The third kappa shape index (κ3) is 4.99. The van der Waals surface area contributed by atoms with E-state index in [-0.39, 0.29) is 24.9 Å². The van der Waals surface area contributed by atoms with Crippen LogP contribution in [0.1, 0.15) is 23.1 Å². The fourth-order valence-corrected chi connectivity index (χ4v) is 3.38. The molecule has 7 heteroatoms. The number of methoxy groups -OCH3 is 2. The molecule has 0 saturated heterocycles. The van der Waals surface area contributed by atoms with Crippen molar-refractivity contribution in [1.29, 1.82) is 0 Å². The predicted molar refractivity (Wildman–Crippen MR) is 111 cm³/mol. The third-order valence-electron chi connectivity index (χ3n) is 5.05. The van der Waals surface area contributed by atoms with Gasteiger partial charge in [0.15, 0.2) is 11.5 Å². The first-order chi connectivity index (χ1) is 14.0. The quantitative estimate of drug-likeness (QED) is 0.785. The number of carbonyl (C=O) groups is 2. The summed E-state index contributed by atoms with van der Waals surface area (Å²) in [4.78, 5) is 26.4. The van der Waals surface area contributed by atoms with Crippen molar-refractivity contribution < 1.29 is 19.1 Å². The average Bonchev–Trinajstić information content (AvgIpc) is 2.73. The van der Waals surface area contributed by atoms with Crippen molar-refractivity contribution in [2.24, 2.45) is 0 Å². The summed E-state index contributed by atoms with van der Waals surface area (Å²) in [6.45, 7) is 3.34.